The highest BCUT2D eigenvalue weighted by Gasteiger charge is 2.16. The Morgan fingerprint density at radius 1 is 1.12 bits per heavy atom. The molecule has 1 amide bonds. The van der Waals surface area contributed by atoms with E-state index in [4.69, 9.17) is 16.6 Å². The van der Waals surface area contributed by atoms with Crippen molar-refractivity contribution in [3.05, 3.63) is 76.9 Å². The Bertz CT molecular complexity index is 1390. The third-order valence-corrected chi connectivity index (χ3v) is 6.14. The van der Waals surface area contributed by atoms with E-state index in [1.807, 2.05) is 44.2 Å². The number of anilines is 1. The molecule has 0 spiro atoms. The van der Waals surface area contributed by atoms with E-state index in [1.165, 1.54) is 11.6 Å². The summed E-state index contributed by atoms with van der Waals surface area (Å²) in [5.74, 6) is 0.475. The molecule has 3 aromatic carbocycles. The van der Waals surface area contributed by atoms with Crippen molar-refractivity contribution >= 4 is 40.0 Å². The van der Waals surface area contributed by atoms with E-state index in [9.17, 15) is 9.90 Å². The molecule has 0 aliphatic carbocycles. The second-order valence-corrected chi connectivity index (χ2v) is 8.92. The molecule has 3 N–H and O–H groups in total. The lowest BCUT2D eigenvalue weighted by molar-refractivity contribution is 0.0977. The predicted octanol–water partition coefficient (Wildman–Crippen LogP) is 6.46. The largest absolute Gasteiger partial charge is 0.507 e. The van der Waals surface area contributed by atoms with Crippen molar-refractivity contribution in [1.82, 2.24) is 10.3 Å². The third-order valence-electron chi connectivity index (χ3n) is 5.93. The fourth-order valence-electron chi connectivity index (χ4n) is 3.79. The summed E-state index contributed by atoms with van der Waals surface area (Å²) in [6, 6.07) is 16.5. The smallest absolute Gasteiger partial charge is 0.257 e. The number of fused-ring (bicyclic) bond motifs is 1. The lowest BCUT2D eigenvalue weighted by atomic mass is 9.98. The zero-order valence-corrected chi connectivity index (χ0v) is 20.4. The molecule has 174 valence electrons. The zero-order chi connectivity index (χ0) is 24.4. The number of oxazole rings is 1. The van der Waals surface area contributed by atoms with E-state index < -0.39 is 0 Å². The summed E-state index contributed by atoms with van der Waals surface area (Å²) in [6.07, 6.45) is 1.03. The van der Waals surface area contributed by atoms with Crippen LogP contribution in [0.25, 0.3) is 22.6 Å². The molecular weight excluding hydrogens is 446 g/mol. The molecule has 0 aliphatic heterocycles. The Morgan fingerprint density at radius 2 is 1.91 bits per heavy atom. The van der Waals surface area contributed by atoms with Crippen LogP contribution in [0.4, 0.5) is 5.69 Å². The third kappa shape index (κ3) is 4.94. The number of thiocarbonyl (C=S) groups is 1. The number of carbonyl (C=O) groups excluding carboxylic acids is 1. The number of nitrogens with one attached hydrogen (secondary N) is 2. The molecule has 0 aliphatic rings. The van der Waals surface area contributed by atoms with Gasteiger partial charge in [0.25, 0.3) is 5.91 Å². The van der Waals surface area contributed by atoms with Crippen molar-refractivity contribution in [2.75, 3.05) is 5.32 Å². The standard InChI is InChI=1S/C27H27N3O3S/c1-5-16(3)18-7-11-24-22(13-18)29-26(33-24)21-14-19(8-10-23(21)31)28-27(34)30-25(32)20-9-6-15(2)12-17(20)4/h6-14,16,31H,5H2,1-4H3,(H2,28,30,32,34)/t16-/m1/s1. The van der Waals surface area contributed by atoms with Gasteiger partial charge in [-0.2, -0.15) is 0 Å². The molecule has 0 saturated carbocycles. The van der Waals surface area contributed by atoms with Crippen molar-refractivity contribution in [3.8, 4) is 17.2 Å². The average molecular weight is 474 g/mol. The Kier molecular flexibility index (Phi) is 6.65. The van der Waals surface area contributed by atoms with Crippen molar-refractivity contribution in [2.45, 2.75) is 40.0 Å². The van der Waals surface area contributed by atoms with E-state index in [1.54, 1.807) is 18.2 Å². The number of carbonyl (C=O) groups is 1. The summed E-state index contributed by atoms with van der Waals surface area (Å²) in [5, 5.41) is 16.3. The molecule has 1 aromatic heterocycles. The van der Waals surface area contributed by atoms with Crippen LogP contribution in [0.15, 0.2) is 59.0 Å². The van der Waals surface area contributed by atoms with Gasteiger partial charge in [0.2, 0.25) is 5.89 Å². The first-order chi connectivity index (χ1) is 16.2. The number of benzene rings is 3. The van der Waals surface area contributed by atoms with E-state index >= 15 is 0 Å². The monoisotopic (exact) mass is 473 g/mol. The number of hydrogen-bond donors (Lipinski definition) is 3. The SMILES string of the molecule is CC[C@@H](C)c1ccc2oc(-c3cc(NC(=S)NC(=O)c4ccc(C)cc4C)ccc3O)nc2c1. The van der Waals surface area contributed by atoms with Gasteiger partial charge in [0.1, 0.15) is 11.3 Å². The van der Waals surface area contributed by atoms with Crippen LogP contribution in [0.5, 0.6) is 5.75 Å². The predicted molar refractivity (Wildman–Crippen MR) is 139 cm³/mol. The Hall–Kier alpha value is -3.71. The molecule has 0 bridgehead atoms. The highest BCUT2D eigenvalue weighted by Crippen LogP contribution is 2.34. The van der Waals surface area contributed by atoms with Crippen LogP contribution in [-0.2, 0) is 0 Å². The van der Waals surface area contributed by atoms with Crippen molar-refractivity contribution in [2.24, 2.45) is 0 Å². The molecular formula is C27H27N3O3S. The molecule has 0 unspecified atom stereocenters. The Balaban J connectivity index is 1.54. The van der Waals surface area contributed by atoms with Crippen LogP contribution >= 0.6 is 12.2 Å². The van der Waals surface area contributed by atoms with Crippen LogP contribution in [0.2, 0.25) is 0 Å². The number of aromatic nitrogens is 1. The van der Waals surface area contributed by atoms with Crippen LogP contribution < -0.4 is 10.6 Å². The number of aromatic hydroxyl groups is 1. The van der Waals surface area contributed by atoms with Gasteiger partial charge < -0.3 is 14.8 Å². The minimum Gasteiger partial charge on any atom is -0.507 e. The maximum Gasteiger partial charge on any atom is 0.257 e. The van der Waals surface area contributed by atoms with Gasteiger partial charge in [-0.05, 0) is 85.9 Å². The number of phenolic OH excluding ortho intramolecular Hbond substituents is 1. The van der Waals surface area contributed by atoms with Gasteiger partial charge in [0.05, 0.1) is 5.56 Å². The molecule has 4 rings (SSSR count). The first-order valence-corrected chi connectivity index (χ1v) is 11.6. The van der Waals surface area contributed by atoms with Gasteiger partial charge in [-0.15, -0.1) is 0 Å². The Labute approximate surface area is 204 Å². The van der Waals surface area contributed by atoms with Crippen molar-refractivity contribution < 1.29 is 14.3 Å². The average Bonchev–Trinajstić information content (AvgIpc) is 3.22. The van der Waals surface area contributed by atoms with E-state index in [0.717, 1.165) is 23.1 Å². The Morgan fingerprint density at radius 3 is 2.65 bits per heavy atom. The molecule has 0 saturated heterocycles. The van der Waals surface area contributed by atoms with Crippen LogP contribution in [0.1, 0.15) is 53.2 Å². The second kappa shape index (κ2) is 9.65. The maximum atomic E-state index is 12.6. The fourth-order valence-corrected chi connectivity index (χ4v) is 4.00. The summed E-state index contributed by atoms with van der Waals surface area (Å²) >= 11 is 5.33. The highest BCUT2D eigenvalue weighted by molar-refractivity contribution is 7.80. The normalized spacial score (nSPS) is 11.9. The van der Waals surface area contributed by atoms with Crippen molar-refractivity contribution in [3.63, 3.8) is 0 Å². The number of amides is 1. The molecule has 7 heteroatoms. The van der Waals surface area contributed by atoms with Gasteiger partial charge in [-0.1, -0.05) is 37.6 Å². The summed E-state index contributed by atoms with van der Waals surface area (Å²) < 4.78 is 5.91. The topological polar surface area (TPSA) is 87.4 Å². The van der Waals surface area contributed by atoms with Crippen LogP contribution in [0, 0.1) is 13.8 Å². The molecule has 6 nitrogen and oxygen atoms in total. The molecule has 1 heterocycles. The number of aryl methyl sites for hydroxylation is 2. The minimum absolute atomic E-state index is 0.0319. The van der Waals surface area contributed by atoms with E-state index in [2.05, 4.69) is 29.5 Å². The van der Waals surface area contributed by atoms with Gasteiger partial charge in [0, 0.05) is 11.3 Å². The molecule has 0 fully saturated rings. The quantitative estimate of drug-likeness (QED) is 0.228. The molecule has 4 aromatic rings. The van der Waals surface area contributed by atoms with Crippen molar-refractivity contribution in [1.29, 1.82) is 0 Å². The lowest BCUT2D eigenvalue weighted by Crippen LogP contribution is -2.34. The van der Waals surface area contributed by atoms with Gasteiger partial charge in [-0.25, -0.2) is 4.98 Å². The number of nitrogens with zero attached hydrogens (tertiary/aromatic N) is 1. The molecule has 1 atom stereocenters. The first kappa shape index (κ1) is 23.4. The number of phenols is 1. The minimum atomic E-state index is -0.287. The van der Waals surface area contributed by atoms with Crippen LogP contribution in [-0.4, -0.2) is 21.1 Å². The first-order valence-electron chi connectivity index (χ1n) is 11.2. The fraction of sp³-hybridized carbons (Fsp3) is 0.222. The summed E-state index contributed by atoms with van der Waals surface area (Å²) in [5.41, 5.74) is 6.11. The van der Waals surface area contributed by atoms with E-state index in [-0.39, 0.29) is 16.8 Å². The number of hydrogen-bond acceptors (Lipinski definition) is 5. The summed E-state index contributed by atoms with van der Waals surface area (Å²) in [6.45, 7) is 8.18. The molecule has 0 radical (unpaired) electrons. The lowest BCUT2D eigenvalue weighted by Gasteiger charge is -2.12. The van der Waals surface area contributed by atoms with Gasteiger partial charge in [-0.3, -0.25) is 10.1 Å². The highest BCUT2D eigenvalue weighted by atomic mass is 32.1. The molecule has 34 heavy (non-hydrogen) atoms. The van der Waals surface area contributed by atoms with E-state index in [0.29, 0.717) is 34.2 Å². The number of rotatable bonds is 5. The van der Waals surface area contributed by atoms with Gasteiger partial charge >= 0.3 is 0 Å². The zero-order valence-electron chi connectivity index (χ0n) is 19.6. The maximum absolute atomic E-state index is 12.6. The summed E-state index contributed by atoms with van der Waals surface area (Å²) in [4.78, 5) is 17.2. The second-order valence-electron chi connectivity index (χ2n) is 8.51. The summed E-state index contributed by atoms with van der Waals surface area (Å²) in [7, 11) is 0. The van der Waals surface area contributed by atoms with Gasteiger partial charge in [0.15, 0.2) is 10.7 Å². The van der Waals surface area contributed by atoms with Crippen LogP contribution in [0.3, 0.4) is 0 Å².